The number of rotatable bonds is 2. The quantitative estimate of drug-likeness (QED) is 0.898. The van der Waals surface area contributed by atoms with E-state index in [0.29, 0.717) is 0 Å². The first-order valence-corrected chi connectivity index (χ1v) is 5.95. The average molecular weight is 271 g/mol. The largest absolute Gasteiger partial charge is 0.379 e. The van der Waals surface area contributed by atoms with Gasteiger partial charge in [0, 0.05) is 17.3 Å². The van der Waals surface area contributed by atoms with Crippen molar-refractivity contribution in [3.8, 4) is 0 Å². The summed E-state index contributed by atoms with van der Waals surface area (Å²) in [5.41, 5.74) is 0.0269. The van der Waals surface area contributed by atoms with Gasteiger partial charge in [0.25, 0.3) is 0 Å². The van der Waals surface area contributed by atoms with E-state index in [0.717, 1.165) is 36.3 Å². The van der Waals surface area contributed by atoms with E-state index in [-0.39, 0.29) is 5.54 Å². The van der Waals surface area contributed by atoms with Crippen molar-refractivity contribution in [1.82, 2.24) is 4.98 Å². The third kappa shape index (κ3) is 2.92. The Kier molecular flexibility index (Phi) is 3.26. The molecule has 0 amide bonds. The molecule has 0 bridgehead atoms. The fourth-order valence-corrected chi connectivity index (χ4v) is 2.03. The fraction of sp³-hybridized carbons (Fsp3) is 0.545. The van der Waals surface area contributed by atoms with E-state index in [2.05, 4.69) is 33.2 Å². The lowest BCUT2D eigenvalue weighted by molar-refractivity contribution is 0.0539. The normalized spacial score (nSPS) is 26.3. The van der Waals surface area contributed by atoms with Crippen LogP contribution in [0.1, 0.15) is 19.8 Å². The standard InChI is InChI=1S/C11H15BrN2O/c1-11(5-2-6-15-8-11)14-10-4-3-9(12)7-13-10/h3-4,7H,2,5-6,8H2,1H3,(H,13,14). The Balaban J connectivity index is 2.03. The van der Waals surface area contributed by atoms with Crippen LogP contribution in [-0.4, -0.2) is 23.7 Å². The summed E-state index contributed by atoms with van der Waals surface area (Å²) in [4.78, 5) is 4.30. The first kappa shape index (κ1) is 10.9. The van der Waals surface area contributed by atoms with Crippen molar-refractivity contribution >= 4 is 21.7 Å². The van der Waals surface area contributed by atoms with Gasteiger partial charge in [-0.3, -0.25) is 0 Å². The first-order valence-electron chi connectivity index (χ1n) is 5.15. The van der Waals surface area contributed by atoms with Crippen LogP contribution in [0.15, 0.2) is 22.8 Å². The smallest absolute Gasteiger partial charge is 0.126 e. The maximum absolute atomic E-state index is 5.48. The van der Waals surface area contributed by atoms with E-state index < -0.39 is 0 Å². The van der Waals surface area contributed by atoms with E-state index in [1.54, 1.807) is 6.20 Å². The molecule has 1 atom stereocenters. The summed E-state index contributed by atoms with van der Waals surface area (Å²) in [6.07, 6.45) is 4.04. The van der Waals surface area contributed by atoms with E-state index in [4.69, 9.17) is 4.74 Å². The molecule has 1 saturated heterocycles. The van der Waals surface area contributed by atoms with E-state index >= 15 is 0 Å². The topological polar surface area (TPSA) is 34.2 Å². The number of ether oxygens (including phenoxy) is 1. The lowest BCUT2D eigenvalue weighted by atomic mass is 9.95. The number of nitrogens with zero attached hydrogens (tertiary/aromatic N) is 1. The molecule has 1 N–H and O–H groups in total. The maximum atomic E-state index is 5.48. The van der Waals surface area contributed by atoms with Crippen molar-refractivity contribution in [1.29, 1.82) is 0 Å². The average Bonchev–Trinajstić information content (AvgIpc) is 2.22. The summed E-state index contributed by atoms with van der Waals surface area (Å²) in [6, 6.07) is 3.96. The molecule has 0 radical (unpaired) electrons. The van der Waals surface area contributed by atoms with Crippen LogP contribution in [0.4, 0.5) is 5.82 Å². The van der Waals surface area contributed by atoms with Gasteiger partial charge in [-0.05, 0) is 47.8 Å². The second-order valence-electron chi connectivity index (χ2n) is 4.20. The molecule has 1 aliphatic rings. The molecular weight excluding hydrogens is 256 g/mol. The zero-order chi connectivity index (χ0) is 10.7. The Labute approximate surface area is 98.4 Å². The molecule has 1 fully saturated rings. The highest BCUT2D eigenvalue weighted by Crippen LogP contribution is 2.23. The van der Waals surface area contributed by atoms with Crippen molar-refractivity contribution in [2.24, 2.45) is 0 Å². The van der Waals surface area contributed by atoms with Gasteiger partial charge in [0.1, 0.15) is 5.82 Å². The zero-order valence-corrected chi connectivity index (χ0v) is 10.4. The lowest BCUT2D eigenvalue weighted by Gasteiger charge is -2.34. The summed E-state index contributed by atoms with van der Waals surface area (Å²) in [6.45, 7) is 3.81. The molecule has 2 rings (SSSR count). The van der Waals surface area contributed by atoms with Crippen LogP contribution >= 0.6 is 15.9 Å². The second kappa shape index (κ2) is 4.49. The second-order valence-corrected chi connectivity index (χ2v) is 5.12. The van der Waals surface area contributed by atoms with Crippen LogP contribution in [0, 0.1) is 0 Å². The summed E-state index contributed by atoms with van der Waals surface area (Å²) in [7, 11) is 0. The Morgan fingerprint density at radius 3 is 3.00 bits per heavy atom. The number of pyridine rings is 1. The van der Waals surface area contributed by atoms with Gasteiger partial charge < -0.3 is 10.1 Å². The minimum atomic E-state index is 0.0269. The Morgan fingerprint density at radius 1 is 1.53 bits per heavy atom. The van der Waals surface area contributed by atoms with Crippen molar-refractivity contribution in [2.45, 2.75) is 25.3 Å². The molecule has 15 heavy (non-hydrogen) atoms. The molecule has 82 valence electrons. The van der Waals surface area contributed by atoms with E-state index in [9.17, 15) is 0 Å². The molecule has 1 aliphatic heterocycles. The molecule has 0 aliphatic carbocycles. The highest BCUT2D eigenvalue weighted by Gasteiger charge is 2.27. The highest BCUT2D eigenvalue weighted by molar-refractivity contribution is 9.10. The molecule has 1 unspecified atom stereocenters. The van der Waals surface area contributed by atoms with Crippen LogP contribution in [0.5, 0.6) is 0 Å². The van der Waals surface area contributed by atoms with Crippen molar-refractivity contribution < 1.29 is 4.74 Å². The van der Waals surface area contributed by atoms with Crippen LogP contribution in [0.2, 0.25) is 0 Å². The van der Waals surface area contributed by atoms with Gasteiger partial charge in [0.05, 0.1) is 12.1 Å². The van der Waals surface area contributed by atoms with Gasteiger partial charge in [0.15, 0.2) is 0 Å². The number of nitrogens with one attached hydrogen (secondary N) is 1. The summed E-state index contributed by atoms with van der Waals surface area (Å²) in [5.74, 6) is 0.909. The van der Waals surface area contributed by atoms with Crippen LogP contribution in [0.25, 0.3) is 0 Å². The lowest BCUT2D eigenvalue weighted by Crippen LogP contribution is -2.43. The third-order valence-corrected chi connectivity index (χ3v) is 3.06. The van der Waals surface area contributed by atoms with Crippen LogP contribution < -0.4 is 5.32 Å². The number of aromatic nitrogens is 1. The summed E-state index contributed by atoms with van der Waals surface area (Å²) >= 11 is 3.37. The van der Waals surface area contributed by atoms with Crippen molar-refractivity contribution in [2.75, 3.05) is 18.5 Å². The van der Waals surface area contributed by atoms with Crippen LogP contribution in [-0.2, 0) is 4.74 Å². The van der Waals surface area contributed by atoms with E-state index in [1.165, 1.54) is 0 Å². The van der Waals surface area contributed by atoms with Gasteiger partial charge in [-0.1, -0.05) is 0 Å². The number of hydrogen-bond donors (Lipinski definition) is 1. The number of halogens is 1. The number of hydrogen-bond acceptors (Lipinski definition) is 3. The molecule has 4 heteroatoms. The molecular formula is C11H15BrN2O. The highest BCUT2D eigenvalue weighted by atomic mass is 79.9. The molecule has 0 aromatic carbocycles. The maximum Gasteiger partial charge on any atom is 0.126 e. The molecule has 3 nitrogen and oxygen atoms in total. The summed E-state index contributed by atoms with van der Waals surface area (Å²) in [5, 5.41) is 3.43. The van der Waals surface area contributed by atoms with Gasteiger partial charge in [-0.2, -0.15) is 0 Å². The van der Waals surface area contributed by atoms with Gasteiger partial charge in [0.2, 0.25) is 0 Å². The fourth-order valence-electron chi connectivity index (χ4n) is 1.79. The Bertz CT molecular complexity index is 320. The van der Waals surface area contributed by atoms with Gasteiger partial charge in [-0.15, -0.1) is 0 Å². The molecule has 1 aromatic rings. The molecule has 1 aromatic heterocycles. The third-order valence-electron chi connectivity index (χ3n) is 2.60. The molecule has 0 spiro atoms. The molecule has 2 heterocycles. The predicted molar refractivity (Wildman–Crippen MR) is 64.0 cm³/mol. The minimum absolute atomic E-state index is 0.0269. The predicted octanol–water partition coefficient (Wildman–Crippen LogP) is 2.83. The van der Waals surface area contributed by atoms with Gasteiger partial charge in [-0.25, -0.2) is 4.98 Å². The van der Waals surface area contributed by atoms with Gasteiger partial charge >= 0.3 is 0 Å². The Morgan fingerprint density at radius 2 is 2.40 bits per heavy atom. The number of anilines is 1. The zero-order valence-electron chi connectivity index (χ0n) is 8.79. The summed E-state index contributed by atoms with van der Waals surface area (Å²) < 4.78 is 6.48. The van der Waals surface area contributed by atoms with Crippen molar-refractivity contribution in [3.05, 3.63) is 22.8 Å². The van der Waals surface area contributed by atoms with Crippen molar-refractivity contribution in [3.63, 3.8) is 0 Å². The monoisotopic (exact) mass is 270 g/mol. The minimum Gasteiger partial charge on any atom is -0.379 e. The molecule has 0 saturated carbocycles. The Hall–Kier alpha value is -0.610. The SMILES string of the molecule is CC1(Nc2ccc(Br)cn2)CCCOC1. The van der Waals surface area contributed by atoms with E-state index in [1.807, 2.05) is 12.1 Å². The van der Waals surface area contributed by atoms with Crippen LogP contribution in [0.3, 0.4) is 0 Å². The first-order chi connectivity index (χ1) is 7.18.